The van der Waals surface area contributed by atoms with Gasteiger partial charge in [0, 0.05) is 30.9 Å². The zero-order valence-corrected chi connectivity index (χ0v) is 12.9. The maximum Gasteiger partial charge on any atom is 0.273 e. The predicted octanol–water partition coefficient (Wildman–Crippen LogP) is 2.22. The second-order valence-electron chi connectivity index (χ2n) is 5.57. The molecule has 0 radical (unpaired) electrons. The number of amides is 1. The first-order chi connectivity index (χ1) is 10.6. The Hall–Kier alpha value is -2.37. The zero-order chi connectivity index (χ0) is 15.5. The number of pyridine rings is 1. The fourth-order valence-electron chi connectivity index (χ4n) is 2.70. The van der Waals surface area contributed by atoms with Gasteiger partial charge in [-0.2, -0.15) is 0 Å². The van der Waals surface area contributed by atoms with Crippen molar-refractivity contribution >= 4 is 11.7 Å². The van der Waals surface area contributed by atoms with Crippen LogP contribution in [0.4, 0.5) is 5.82 Å². The highest BCUT2D eigenvalue weighted by molar-refractivity contribution is 5.93. The Bertz CT molecular complexity index is 675. The van der Waals surface area contributed by atoms with E-state index in [1.165, 1.54) is 19.2 Å². The molecule has 0 atom stereocenters. The van der Waals surface area contributed by atoms with Crippen molar-refractivity contribution in [1.82, 2.24) is 15.3 Å². The van der Waals surface area contributed by atoms with Gasteiger partial charge in [-0.25, -0.2) is 9.97 Å². The average molecular weight is 300 g/mol. The molecular formula is C16H20N4O2. The fourth-order valence-corrected chi connectivity index (χ4v) is 2.70. The number of hydrogen-bond donors (Lipinski definition) is 1. The minimum atomic E-state index is -0.223. The molecule has 0 bridgehead atoms. The van der Waals surface area contributed by atoms with Crippen LogP contribution in [0.2, 0.25) is 0 Å². The molecule has 3 rings (SSSR count). The van der Waals surface area contributed by atoms with Crippen LogP contribution in [-0.4, -0.2) is 29.0 Å². The van der Waals surface area contributed by atoms with Gasteiger partial charge in [-0.1, -0.05) is 6.07 Å². The van der Waals surface area contributed by atoms with E-state index in [0.29, 0.717) is 18.0 Å². The molecule has 1 fully saturated rings. The Balaban J connectivity index is 1.75. The van der Waals surface area contributed by atoms with Crippen LogP contribution in [0.1, 0.15) is 40.3 Å². The SMILES string of the molecule is Cc1ccc(CNC(=O)c2ncoc2C)c(N2CCCC2)n1. The monoisotopic (exact) mass is 300 g/mol. The highest BCUT2D eigenvalue weighted by atomic mass is 16.3. The molecule has 1 aliphatic rings. The number of oxazole rings is 1. The highest BCUT2D eigenvalue weighted by Gasteiger charge is 2.19. The summed E-state index contributed by atoms with van der Waals surface area (Å²) in [6.07, 6.45) is 3.67. The molecule has 1 saturated heterocycles. The normalized spacial score (nSPS) is 14.4. The third kappa shape index (κ3) is 2.95. The molecule has 3 heterocycles. The second kappa shape index (κ2) is 6.17. The van der Waals surface area contributed by atoms with Crippen LogP contribution in [-0.2, 0) is 6.54 Å². The number of carbonyl (C=O) groups excluding carboxylic acids is 1. The number of aromatic nitrogens is 2. The highest BCUT2D eigenvalue weighted by Crippen LogP contribution is 2.23. The van der Waals surface area contributed by atoms with Crippen LogP contribution in [0.25, 0.3) is 0 Å². The van der Waals surface area contributed by atoms with Gasteiger partial charge in [0.2, 0.25) is 0 Å². The smallest absolute Gasteiger partial charge is 0.273 e. The van der Waals surface area contributed by atoms with E-state index in [0.717, 1.165) is 30.2 Å². The molecule has 0 aromatic carbocycles. The summed E-state index contributed by atoms with van der Waals surface area (Å²) in [5.41, 5.74) is 2.36. The molecule has 1 N–H and O–H groups in total. The first-order valence-electron chi connectivity index (χ1n) is 7.55. The van der Waals surface area contributed by atoms with Gasteiger partial charge in [-0.3, -0.25) is 4.79 Å². The fraction of sp³-hybridized carbons (Fsp3) is 0.438. The summed E-state index contributed by atoms with van der Waals surface area (Å²) in [5, 5.41) is 2.90. The quantitative estimate of drug-likeness (QED) is 0.937. The molecule has 2 aromatic heterocycles. The molecule has 6 heteroatoms. The number of carbonyl (C=O) groups is 1. The van der Waals surface area contributed by atoms with E-state index in [1.807, 2.05) is 19.1 Å². The molecule has 0 spiro atoms. The van der Waals surface area contributed by atoms with E-state index in [9.17, 15) is 4.79 Å². The van der Waals surface area contributed by atoms with E-state index in [4.69, 9.17) is 4.42 Å². The van der Waals surface area contributed by atoms with E-state index >= 15 is 0 Å². The Labute approximate surface area is 129 Å². The van der Waals surface area contributed by atoms with Gasteiger partial charge in [0.1, 0.15) is 11.6 Å². The van der Waals surface area contributed by atoms with Crippen molar-refractivity contribution in [3.05, 3.63) is 41.2 Å². The maximum absolute atomic E-state index is 12.1. The Morgan fingerprint density at radius 1 is 1.32 bits per heavy atom. The van der Waals surface area contributed by atoms with Gasteiger partial charge < -0.3 is 14.6 Å². The van der Waals surface area contributed by atoms with Gasteiger partial charge in [-0.05, 0) is 32.8 Å². The van der Waals surface area contributed by atoms with Crippen LogP contribution < -0.4 is 10.2 Å². The molecule has 1 aliphatic heterocycles. The summed E-state index contributed by atoms with van der Waals surface area (Å²) < 4.78 is 5.07. The summed E-state index contributed by atoms with van der Waals surface area (Å²) in [6, 6.07) is 4.01. The minimum Gasteiger partial charge on any atom is -0.448 e. The van der Waals surface area contributed by atoms with Crippen molar-refractivity contribution in [2.45, 2.75) is 33.2 Å². The van der Waals surface area contributed by atoms with Crippen molar-refractivity contribution in [3.8, 4) is 0 Å². The lowest BCUT2D eigenvalue weighted by Crippen LogP contribution is -2.27. The number of nitrogens with zero attached hydrogens (tertiary/aromatic N) is 3. The van der Waals surface area contributed by atoms with E-state index < -0.39 is 0 Å². The van der Waals surface area contributed by atoms with Gasteiger partial charge >= 0.3 is 0 Å². The number of anilines is 1. The standard InChI is InChI=1S/C16H20N4O2/c1-11-5-6-13(15(19-11)20-7-3-4-8-20)9-17-16(21)14-12(2)22-10-18-14/h5-6,10H,3-4,7-9H2,1-2H3,(H,17,21). The van der Waals surface area contributed by atoms with Crippen molar-refractivity contribution < 1.29 is 9.21 Å². The molecule has 0 unspecified atom stereocenters. The third-order valence-corrected chi connectivity index (χ3v) is 3.90. The van der Waals surface area contributed by atoms with Crippen molar-refractivity contribution in [1.29, 1.82) is 0 Å². The Morgan fingerprint density at radius 2 is 2.09 bits per heavy atom. The molecule has 6 nitrogen and oxygen atoms in total. The van der Waals surface area contributed by atoms with Crippen LogP contribution >= 0.6 is 0 Å². The van der Waals surface area contributed by atoms with Gasteiger partial charge in [0.05, 0.1) is 0 Å². The minimum absolute atomic E-state index is 0.223. The first-order valence-corrected chi connectivity index (χ1v) is 7.55. The lowest BCUT2D eigenvalue weighted by Gasteiger charge is -2.20. The van der Waals surface area contributed by atoms with Gasteiger partial charge in [-0.15, -0.1) is 0 Å². The molecule has 2 aromatic rings. The van der Waals surface area contributed by atoms with Crippen molar-refractivity contribution in [2.24, 2.45) is 0 Å². The van der Waals surface area contributed by atoms with Crippen LogP contribution in [0.5, 0.6) is 0 Å². The largest absolute Gasteiger partial charge is 0.448 e. The topological polar surface area (TPSA) is 71.3 Å². The summed E-state index contributed by atoms with van der Waals surface area (Å²) in [4.78, 5) is 23.0. The number of rotatable bonds is 4. The summed E-state index contributed by atoms with van der Waals surface area (Å²) in [7, 11) is 0. The van der Waals surface area contributed by atoms with Crippen LogP contribution in [0, 0.1) is 13.8 Å². The lowest BCUT2D eigenvalue weighted by molar-refractivity contribution is 0.0945. The molecule has 0 aliphatic carbocycles. The average Bonchev–Trinajstić information content (AvgIpc) is 3.16. The summed E-state index contributed by atoms with van der Waals surface area (Å²) in [5.74, 6) is 1.29. The molecule has 1 amide bonds. The lowest BCUT2D eigenvalue weighted by atomic mass is 10.2. The van der Waals surface area contributed by atoms with Gasteiger partial charge in [0.25, 0.3) is 5.91 Å². The van der Waals surface area contributed by atoms with Crippen LogP contribution in [0.3, 0.4) is 0 Å². The van der Waals surface area contributed by atoms with E-state index in [-0.39, 0.29) is 5.91 Å². The second-order valence-corrected chi connectivity index (χ2v) is 5.57. The van der Waals surface area contributed by atoms with Gasteiger partial charge in [0.15, 0.2) is 12.1 Å². The third-order valence-electron chi connectivity index (χ3n) is 3.90. The zero-order valence-electron chi connectivity index (χ0n) is 12.9. The number of hydrogen-bond acceptors (Lipinski definition) is 5. The first kappa shape index (κ1) is 14.6. The van der Waals surface area contributed by atoms with Crippen LogP contribution in [0.15, 0.2) is 22.9 Å². The molecule has 116 valence electrons. The Kier molecular flexibility index (Phi) is 4.09. The molecule has 0 saturated carbocycles. The summed E-state index contributed by atoms with van der Waals surface area (Å²) in [6.45, 7) is 6.20. The molecular weight excluding hydrogens is 280 g/mol. The number of aryl methyl sites for hydroxylation is 2. The number of nitrogens with one attached hydrogen (secondary N) is 1. The summed E-state index contributed by atoms with van der Waals surface area (Å²) >= 11 is 0. The van der Waals surface area contributed by atoms with Crippen molar-refractivity contribution in [3.63, 3.8) is 0 Å². The van der Waals surface area contributed by atoms with E-state index in [2.05, 4.69) is 20.2 Å². The Morgan fingerprint density at radius 3 is 2.77 bits per heavy atom. The maximum atomic E-state index is 12.1. The van der Waals surface area contributed by atoms with Crippen molar-refractivity contribution in [2.75, 3.05) is 18.0 Å². The predicted molar refractivity (Wildman–Crippen MR) is 82.8 cm³/mol. The van der Waals surface area contributed by atoms with E-state index in [1.54, 1.807) is 6.92 Å². The molecule has 22 heavy (non-hydrogen) atoms.